The van der Waals surface area contributed by atoms with Crippen LogP contribution < -0.4 is 28.7 Å². The molecule has 0 radical (unpaired) electrons. The highest BCUT2D eigenvalue weighted by Gasteiger charge is 2.52. The second kappa shape index (κ2) is 16.3. The smallest absolute Gasteiger partial charge is 0.187 e. The fraction of sp³-hybridized carbons (Fsp3) is 1.00. The van der Waals surface area contributed by atoms with Gasteiger partial charge < -0.3 is 92.8 Å². The van der Waals surface area contributed by atoms with Gasteiger partial charge >= 0.3 is 0 Å². The maximum absolute atomic E-state index is 11.1. The second-order valence-corrected chi connectivity index (χ2v) is 12.0. The zero-order valence-corrected chi connectivity index (χ0v) is 24.0. The van der Waals surface area contributed by atoms with E-state index < -0.39 is 123 Å². The highest BCUT2D eigenvalue weighted by molar-refractivity contribution is 8.00. The first-order valence-electron chi connectivity index (χ1n) is 13.7. The number of thioether (sulfide) groups is 1. The van der Waals surface area contributed by atoms with Crippen LogP contribution in [0.25, 0.3) is 0 Å². The summed E-state index contributed by atoms with van der Waals surface area (Å²) in [6.07, 6.45) is -14.9. The van der Waals surface area contributed by atoms with Crippen molar-refractivity contribution in [2.75, 3.05) is 26.4 Å². The first kappa shape index (κ1) is 36.1. The largest absolute Gasteiger partial charge is 0.395 e. The predicted molar refractivity (Wildman–Crippen MR) is 145 cm³/mol. The molecule has 19 heteroatoms. The second-order valence-electron chi connectivity index (χ2n) is 10.7. The van der Waals surface area contributed by atoms with Gasteiger partial charge in [0.15, 0.2) is 18.9 Å². The predicted octanol–water partition coefficient (Wildman–Crippen LogP) is -6.94. The third-order valence-electron chi connectivity index (χ3n) is 7.42. The van der Waals surface area contributed by atoms with E-state index in [9.17, 15) is 35.7 Å². The van der Waals surface area contributed by atoms with Crippen molar-refractivity contribution in [3.05, 3.63) is 0 Å². The van der Waals surface area contributed by atoms with Gasteiger partial charge in [-0.1, -0.05) is 0 Å². The van der Waals surface area contributed by atoms with Gasteiger partial charge in [0.1, 0.15) is 53.5 Å². The molecule has 17 atom stereocenters. The number of hydrogen-bond acceptors (Lipinski definition) is 19. The molecule has 2 aliphatic heterocycles. The van der Waals surface area contributed by atoms with Crippen molar-refractivity contribution in [2.24, 2.45) is 28.7 Å². The SMILES string of the molecule is C[C@H](O)C(CO)OC(OC1C(N)CC(N)C(O)C1OC1OC(CO)C(O[C@H]2O[C@@H](CN)C(O)SC2N)C1O)[C@@H](N)CO. The Hall–Kier alpha value is -0.370. The third-order valence-corrected chi connectivity index (χ3v) is 8.54. The molecule has 0 aromatic carbocycles. The molecule has 3 aliphatic rings. The molecule has 0 bridgehead atoms. The Morgan fingerprint density at radius 2 is 1.52 bits per heavy atom. The average Bonchev–Trinajstić information content (AvgIpc) is 3.25. The van der Waals surface area contributed by atoms with Crippen LogP contribution in [0.2, 0.25) is 0 Å². The molecule has 3 rings (SSSR count). The van der Waals surface area contributed by atoms with Gasteiger partial charge in [-0.3, -0.25) is 0 Å². The molecule has 13 unspecified atom stereocenters. The molecule has 248 valence electrons. The molecule has 0 spiro atoms. The molecule has 18 nitrogen and oxygen atoms in total. The summed E-state index contributed by atoms with van der Waals surface area (Å²) in [5.41, 5.74) is 29.1. The molecule has 1 aliphatic carbocycles. The van der Waals surface area contributed by atoms with E-state index in [2.05, 4.69) is 0 Å². The molecule has 0 aromatic heterocycles. The highest BCUT2D eigenvalue weighted by atomic mass is 32.2. The average molecular weight is 634 g/mol. The van der Waals surface area contributed by atoms with Crippen LogP contribution >= 0.6 is 11.8 Å². The van der Waals surface area contributed by atoms with Crippen molar-refractivity contribution in [2.45, 2.75) is 116 Å². The topological polar surface area (TPSA) is 327 Å². The van der Waals surface area contributed by atoms with Crippen LogP contribution in [0.4, 0.5) is 0 Å². The van der Waals surface area contributed by atoms with E-state index in [1.807, 2.05) is 0 Å². The minimum Gasteiger partial charge on any atom is -0.395 e. The number of ether oxygens (including phenoxy) is 6. The van der Waals surface area contributed by atoms with Crippen LogP contribution in [0.15, 0.2) is 0 Å². The number of aliphatic hydroxyl groups excluding tert-OH is 7. The van der Waals surface area contributed by atoms with Gasteiger partial charge in [-0.15, -0.1) is 11.8 Å². The van der Waals surface area contributed by atoms with Crippen molar-refractivity contribution >= 4 is 11.8 Å². The lowest BCUT2D eigenvalue weighted by Crippen LogP contribution is -2.65. The minimum atomic E-state index is -1.55. The maximum Gasteiger partial charge on any atom is 0.187 e. The molecule has 3 fully saturated rings. The summed E-state index contributed by atoms with van der Waals surface area (Å²) in [6.45, 7) is -0.452. The van der Waals surface area contributed by atoms with Crippen LogP contribution in [0.3, 0.4) is 0 Å². The van der Waals surface area contributed by atoms with Gasteiger partial charge in [0.25, 0.3) is 0 Å². The zero-order valence-electron chi connectivity index (χ0n) is 23.2. The van der Waals surface area contributed by atoms with Gasteiger partial charge in [0.05, 0.1) is 38.1 Å². The van der Waals surface area contributed by atoms with E-state index in [0.717, 1.165) is 11.8 Å². The number of hydrogen-bond donors (Lipinski definition) is 12. The van der Waals surface area contributed by atoms with Crippen molar-refractivity contribution in [1.29, 1.82) is 0 Å². The van der Waals surface area contributed by atoms with Crippen molar-refractivity contribution in [1.82, 2.24) is 0 Å². The van der Waals surface area contributed by atoms with Gasteiger partial charge in [-0.05, 0) is 13.3 Å². The van der Waals surface area contributed by atoms with Crippen molar-refractivity contribution in [3.8, 4) is 0 Å². The minimum absolute atomic E-state index is 0.0258. The number of rotatable bonds is 14. The summed E-state index contributed by atoms with van der Waals surface area (Å²) < 4.78 is 34.8. The molecular formula is C23H47N5O13S. The van der Waals surface area contributed by atoms with Crippen LogP contribution in [-0.4, -0.2) is 165 Å². The summed E-state index contributed by atoms with van der Waals surface area (Å²) >= 11 is 0.961. The molecule has 42 heavy (non-hydrogen) atoms. The fourth-order valence-electron chi connectivity index (χ4n) is 4.92. The normalized spacial score (nSPS) is 44.1. The van der Waals surface area contributed by atoms with Crippen LogP contribution in [0.1, 0.15) is 13.3 Å². The number of nitrogens with two attached hydrogens (primary N) is 5. The molecule has 0 aromatic rings. The van der Waals surface area contributed by atoms with E-state index in [1.54, 1.807) is 0 Å². The Morgan fingerprint density at radius 3 is 2.10 bits per heavy atom. The third kappa shape index (κ3) is 8.46. The fourth-order valence-corrected chi connectivity index (χ4v) is 5.84. The summed E-state index contributed by atoms with van der Waals surface area (Å²) in [7, 11) is 0. The lowest BCUT2D eigenvalue weighted by atomic mass is 9.84. The molecule has 1 saturated carbocycles. The molecule has 2 saturated heterocycles. The highest BCUT2D eigenvalue weighted by Crippen LogP contribution is 2.35. The van der Waals surface area contributed by atoms with E-state index >= 15 is 0 Å². The van der Waals surface area contributed by atoms with Gasteiger partial charge in [-0.2, -0.15) is 0 Å². The summed E-state index contributed by atoms with van der Waals surface area (Å²) in [5.74, 6) is 0. The van der Waals surface area contributed by atoms with Crippen LogP contribution in [0.5, 0.6) is 0 Å². The molecular weight excluding hydrogens is 586 g/mol. The maximum atomic E-state index is 11.1. The standard InChI is InChI=1S/C23H47N5O13S/c1-7(32)12(5-30)37-21(10(27)4-29)39-16-9(26)2-8(25)14(33)18(16)41-22-15(34)17(13(6-31)38-22)40-23-19(28)42-20(35)11(3-24)36-23/h7-23,29-35H,2-6,24-28H2,1H3/t7-,8?,9?,10-,11-,12?,13?,14?,15?,16?,17?,18?,19?,20?,21?,22?,23+/m0/s1. The Morgan fingerprint density at radius 1 is 0.881 bits per heavy atom. The monoisotopic (exact) mass is 633 g/mol. The Bertz CT molecular complexity index is 814. The van der Waals surface area contributed by atoms with Crippen LogP contribution in [-0.2, 0) is 28.4 Å². The van der Waals surface area contributed by atoms with Gasteiger partial charge in [0.2, 0.25) is 0 Å². The molecule has 0 amide bonds. The summed E-state index contributed by atoms with van der Waals surface area (Å²) in [4.78, 5) is 0. The molecule has 2 heterocycles. The first-order valence-corrected chi connectivity index (χ1v) is 14.7. The quantitative estimate of drug-likeness (QED) is 0.0790. The lowest BCUT2D eigenvalue weighted by Gasteiger charge is -2.45. The Labute approximate surface area is 247 Å². The van der Waals surface area contributed by atoms with E-state index in [-0.39, 0.29) is 13.0 Å². The van der Waals surface area contributed by atoms with E-state index in [4.69, 9.17) is 57.1 Å². The van der Waals surface area contributed by atoms with E-state index in [0.29, 0.717) is 0 Å². The summed E-state index contributed by atoms with van der Waals surface area (Å²) in [6, 6.07) is -2.89. The Balaban J connectivity index is 1.78. The molecule has 17 N–H and O–H groups in total. The first-order chi connectivity index (χ1) is 19.9. The van der Waals surface area contributed by atoms with Crippen LogP contribution in [0, 0.1) is 0 Å². The van der Waals surface area contributed by atoms with Crippen molar-refractivity contribution in [3.63, 3.8) is 0 Å². The van der Waals surface area contributed by atoms with Gasteiger partial charge in [-0.25, -0.2) is 0 Å². The number of aliphatic hydroxyl groups is 7. The summed E-state index contributed by atoms with van der Waals surface area (Å²) in [5, 5.41) is 70.4. The Kier molecular flexibility index (Phi) is 14.0. The van der Waals surface area contributed by atoms with Gasteiger partial charge in [0, 0.05) is 18.6 Å². The zero-order chi connectivity index (χ0) is 31.3. The lowest BCUT2D eigenvalue weighted by molar-refractivity contribution is -0.288. The van der Waals surface area contributed by atoms with Crippen molar-refractivity contribution < 1.29 is 64.2 Å². The van der Waals surface area contributed by atoms with E-state index in [1.165, 1.54) is 6.92 Å².